The van der Waals surface area contributed by atoms with Crippen molar-refractivity contribution in [3.05, 3.63) is 16.8 Å². The summed E-state index contributed by atoms with van der Waals surface area (Å²) in [5, 5.41) is 16.0. The van der Waals surface area contributed by atoms with Gasteiger partial charge in [-0.05, 0) is 24.3 Å². The van der Waals surface area contributed by atoms with Gasteiger partial charge in [0.05, 0.1) is 6.10 Å². The van der Waals surface area contributed by atoms with Crippen LogP contribution in [0.5, 0.6) is 0 Å². The summed E-state index contributed by atoms with van der Waals surface area (Å²) < 4.78 is 5.36. The van der Waals surface area contributed by atoms with E-state index in [2.05, 4.69) is 5.32 Å². The van der Waals surface area contributed by atoms with Gasteiger partial charge in [-0.2, -0.15) is 11.3 Å². The van der Waals surface area contributed by atoms with Crippen molar-refractivity contribution in [2.24, 2.45) is 0 Å². The Balaban J connectivity index is 1.75. The summed E-state index contributed by atoms with van der Waals surface area (Å²) in [4.78, 5) is 10.6. The molecule has 1 aromatic heterocycles. The Morgan fingerprint density at radius 2 is 2.53 bits per heavy atom. The Morgan fingerprint density at radius 1 is 1.67 bits per heavy atom. The molecule has 0 aromatic carbocycles. The van der Waals surface area contributed by atoms with Gasteiger partial charge >= 0.3 is 5.97 Å². The van der Waals surface area contributed by atoms with Crippen LogP contribution in [0.1, 0.15) is 12.8 Å². The zero-order valence-corrected chi connectivity index (χ0v) is 9.00. The van der Waals surface area contributed by atoms with Crippen molar-refractivity contribution in [3.63, 3.8) is 0 Å². The molecule has 0 aliphatic carbocycles. The van der Waals surface area contributed by atoms with Gasteiger partial charge in [0.15, 0.2) is 6.10 Å². The topological polar surface area (TPSA) is 58.6 Å². The summed E-state index contributed by atoms with van der Waals surface area (Å²) in [5.74, 6) is -0.854. The molecule has 0 radical (unpaired) electrons. The van der Waals surface area contributed by atoms with Gasteiger partial charge in [0.1, 0.15) is 0 Å². The van der Waals surface area contributed by atoms with Gasteiger partial charge in [-0.1, -0.05) is 0 Å². The first-order valence-electron chi connectivity index (χ1n) is 4.90. The number of rotatable bonds is 4. The smallest absolute Gasteiger partial charge is 0.332 e. The Bertz CT molecular complexity index is 325. The minimum atomic E-state index is -0.854. The van der Waals surface area contributed by atoms with Crippen LogP contribution in [-0.4, -0.2) is 29.8 Å². The molecule has 1 aliphatic heterocycles. The van der Waals surface area contributed by atoms with Crippen LogP contribution in [0.25, 0.3) is 0 Å². The van der Waals surface area contributed by atoms with Gasteiger partial charge in [-0.15, -0.1) is 0 Å². The minimum Gasteiger partial charge on any atom is -0.479 e. The Morgan fingerprint density at radius 3 is 3.13 bits per heavy atom. The lowest BCUT2D eigenvalue weighted by Gasteiger charge is -2.11. The van der Waals surface area contributed by atoms with E-state index in [4.69, 9.17) is 9.84 Å². The average Bonchev–Trinajstić information content (AvgIpc) is 2.86. The fraction of sp³-hybridized carbons (Fsp3) is 0.500. The predicted molar refractivity (Wildman–Crippen MR) is 58.3 cm³/mol. The fourth-order valence-corrected chi connectivity index (χ4v) is 2.25. The number of carboxylic acids is 1. The van der Waals surface area contributed by atoms with Crippen LogP contribution >= 0.6 is 11.3 Å². The first-order valence-corrected chi connectivity index (χ1v) is 5.84. The number of hydrogen-bond donors (Lipinski definition) is 2. The lowest BCUT2D eigenvalue weighted by molar-refractivity contribution is -0.149. The van der Waals surface area contributed by atoms with E-state index in [1.165, 1.54) is 0 Å². The lowest BCUT2D eigenvalue weighted by Crippen LogP contribution is -2.24. The normalized spacial score (nSPS) is 25.3. The van der Waals surface area contributed by atoms with Crippen LogP contribution in [0, 0.1) is 0 Å². The van der Waals surface area contributed by atoms with E-state index >= 15 is 0 Å². The van der Waals surface area contributed by atoms with Crippen LogP contribution in [-0.2, 0) is 9.53 Å². The molecule has 2 atom stereocenters. The molecule has 82 valence electrons. The van der Waals surface area contributed by atoms with Crippen molar-refractivity contribution in [2.75, 3.05) is 11.9 Å². The molecule has 0 spiro atoms. The third-order valence-corrected chi connectivity index (χ3v) is 3.12. The SMILES string of the molecule is O=C(O)C1CCC(CNc2ccsc2)O1. The van der Waals surface area contributed by atoms with Gasteiger partial charge in [-0.25, -0.2) is 4.79 Å². The van der Waals surface area contributed by atoms with Gasteiger partial charge in [0.2, 0.25) is 0 Å². The average molecular weight is 227 g/mol. The second-order valence-electron chi connectivity index (χ2n) is 3.56. The van der Waals surface area contributed by atoms with Crippen LogP contribution in [0.2, 0.25) is 0 Å². The largest absolute Gasteiger partial charge is 0.479 e. The van der Waals surface area contributed by atoms with E-state index in [0.29, 0.717) is 13.0 Å². The number of carbonyl (C=O) groups is 1. The number of hydrogen-bond acceptors (Lipinski definition) is 4. The molecule has 1 saturated heterocycles. The van der Waals surface area contributed by atoms with E-state index < -0.39 is 12.1 Å². The predicted octanol–water partition coefficient (Wildman–Crippen LogP) is 1.79. The van der Waals surface area contributed by atoms with Crippen molar-refractivity contribution in [2.45, 2.75) is 25.0 Å². The number of aliphatic carboxylic acids is 1. The van der Waals surface area contributed by atoms with Crippen molar-refractivity contribution in [1.82, 2.24) is 0 Å². The highest BCUT2D eigenvalue weighted by atomic mass is 32.1. The highest BCUT2D eigenvalue weighted by molar-refractivity contribution is 7.08. The number of thiophene rings is 1. The molecule has 15 heavy (non-hydrogen) atoms. The first-order chi connectivity index (χ1) is 7.25. The number of ether oxygens (including phenoxy) is 1. The number of anilines is 1. The molecule has 1 aliphatic rings. The van der Waals surface area contributed by atoms with E-state index in [1.54, 1.807) is 11.3 Å². The van der Waals surface area contributed by atoms with Crippen molar-refractivity contribution < 1.29 is 14.6 Å². The van der Waals surface area contributed by atoms with Gasteiger partial charge in [-0.3, -0.25) is 0 Å². The molecule has 2 heterocycles. The van der Waals surface area contributed by atoms with Crippen molar-refractivity contribution >= 4 is 23.0 Å². The molecule has 1 aromatic rings. The summed E-state index contributed by atoms with van der Waals surface area (Å²) in [5.41, 5.74) is 1.07. The summed E-state index contributed by atoms with van der Waals surface area (Å²) in [6.45, 7) is 0.681. The molecule has 1 fully saturated rings. The van der Waals surface area contributed by atoms with Crippen LogP contribution in [0.3, 0.4) is 0 Å². The Kier molecular flexibility index (Phi) is 3.23. The van der Waals surface area contributed by atoms with Crippen molar-refractivity contribution in [3.8, 4) is 0 Å². The second kappa shape index (κ2) is 4.63. The lowest BCUT2D eigenvalue weighted by atomic mass is 10.2. The fourth-order valence-electron chi connectivity index (χ4n) is 1.63. The summed E-state index contributed by atoms with van der Waals surface area (Å²) in [7, 11) is 0. The third kappa shape index (κ3) is 2.70. The van der Waals surface area contributed by atoms with Gasteiger partial charge < -0.3 is 15.2 Å². The number of carboxylic acid groups (broad SMARTS) is 1. The van der Waals surface area contributed by atoms with E-state index in [1.807, 2.05) is 16.8 Å². The van der Waals surface area contributed by atoms with Gasteiger partial charge in [0, 0.05) is 17.6 Å². The number of nitrogens with one attached hydrogen (secondary N) is 1. The molecule has 0 bridgehead atoms. The van der Waals surface area contributed by atoms with E-state index in [-0.39, 0.29) is 6.10 Å². The molecule has 4 nitrogen and oxygen atoms in total. The molecule has 2 rings (SSSR count). The summed E-state index contributed by atoms with van der Waals surface area (Å²) >= 11 is 1.63. The molecule has 2 unspecified atom stereocenters. The summed E-state index contributed by atoms with van der Waals surface area (Å²) in [6.07, 6.45) is 0.838. The van der Waals surface area contributed by atoms with Gasteiger partial charge in [0.25, 0.3) is 0 Å². The monoisotopic (exact) mass is 227 g/mol. The standard InChI is InChI=1S/C10H13NO3S/c12-10(13)9-2-1-8(14-9)5-11-7-3-4-15-6-7/h3-4,6,8-9,11H,1-2,5H2,(H,12,13). The third-order valence-electron chi connectivity index (χ3n) is 2.44. The molecule has 5 heteroatoms. The first kappa shape index (κ1) is 10.4. The zero-order chi connectivity index (χ0) is 10.7. The second-order valence-corrected chi connectivity index (χ2v) is 4.34. The molecular formula is C10H13NO3S. The highest BCUT2D eigenvalue weighted by Gasteiger charge is 2.29. The maximum Gasteiger partial charge on any atom is 0.332 e. The minimum absolute atomic E-state index is 0.0194. The molecule has 0 amide bonds. The zero-order valence-electron chi connectivity index (χ0n) is 8.18. The van der Waals surface area contributed by atoms with Crippen LogP contribution in [0.4, 0.5) is 5.69 Å². The Labute approximate surface area is 91.9 Å². The molecule has 0 saturated carbocycles. The maximum absolute atomic E-state index is 10.6. The summed E-state index contributed by atoms with van der Waals surface area (Å²) in [6, 6.07) is 1.99. The maximum atomic E-state index is 10.6. The van der Waals surface area contributed by atoms with Crippen LogP contribution in [0.15, 0.2) is 16.8 Å². The van der Waals surface area contributed by atoms with E-state index in [0.717, 1.165) is 12.1 Å². The van der Waals surface area contributed by atoms with E-state index in [9.17, 15) is 4.79 Å². The van der Waals surface area contributed by atoms with Crippen molar-refractivity contribution in [1.29, 1.82) is 0 Å². The quantitative estimate of drug-likeness (QED) is 0.823. The molecular weight excluding hydrogens is 214 g/mol. The highest BCUT2D eigenvalue weighted by Crippen LogP contribution is 2.21. The molecule has 2 N–H and O–H groups in total. The van der Waals surface area contributed by atoms with Crippen LogP contribution < -0.4 is 5.32 Å². The Hall–Kier alpha value is -1.07.